The van der Waals surface area contributed by atoms with E-state index in [1.54, 1.807) is 18.2 Å². The number of benzene rings is 2. The first-order chi connectivity index (χ1) is 14.0. The molecule has 0 radical (unpaired) electrons. The maximum atomic E-state index is 13.0. The highest BCUT2D eigenvalue weighted by atomic mass is 79.9. The lowest BCUT2D eigenvalue weighted by Gasteiger charge is -2.27. The lowest BCUT2D eigenvalue weighted by molar-refractivity contribution is -0.136. The third-order valence-electron chi connectivity index (χ3n) is 5.00. The largest absolute Gasteiger partial charge is 0.488 e. The summed E-state index contributed by atoms with van der Waals surface area (Å²) < 4.78 is 5.84. The van der Waals surface area contributed by atoms with Gasteiger partial charge in [-0.3, -0.25) is 29.4 Å². The highest BCUT2D eigenvalue weighted by Crippen LogP contribution is 2.34. The number of alkyl halides is 1. The molecule has 1 fully saturated rings. The van der Waals surface area contributed by atoms with Crippen molar-refractivity contribution in [3.63, 3.8) is 0 Å². The lowest BCUT2D eigenvalue weighted by atomic mass is 10.0. The first-order valence-electron chi connectivity index (χ1n) is 9.10. The molecule has 0 saturated carbocycles. The SMILES string of the molecule is O=C1CCC(N2C(=O)c3cccc(OCc4ccc(CBr)cc4)c3C2=O)C(=O)N1. The van der Waals surface area contributed by atoms with Crippen molar-refractivity contribution in [3.8, 4) is 5.75 Å². The van der Waals surface area contributed by atoms with Crippen molar-refractivity contribution in [2.24, 2.45) is 0 Å². The molecule has 1 atom stereocenters. The smallest absolute Gasteiger partial charge is 0.266 e. The van der Waals surface area contributed by atoms with Crippen molar-refractivity contribution in [2.75, 3.05) is 0 Å². The molecule has 29 heavy (non-hydrogen) atoms. The molecule has 8 heteroatoms. The van der Waals surface area contributed by atoms with Gasteiger partial charge in [0.25, 0.3) is 11.8 Å². The number of nitrogens with zero attached hydrogens (tertiary/aromatic N) is 1. The van der Waals surface area contributed by atoms with Gasteiger partial charge in [0.15, 0.2) is 0 Å². The molecule has 0 bridgehead atoms. The van der Waals surface area contributed by atoms with Gasteiger partial charge in [0.05, 0.1) is 11.1 Å². The number of amides is 4. The second kappa shape index (κ2) is 7.79. The van der Waals surface area contributed by atoms with E-state index in [-0.39, 0.29) is 30.6 Å². The average molecular weight is 457 g/mol. The van der Waals surface area contributed by atoms with Crippen LogP contribution in [0.4, 0.5) is 0 Å². The van der Waals surface area contributed by atoms with Gasteiger partial charge in [-0.05, 0) is 29.7 Å². The van der Waals surface area contributed by atoms with Crippen LogP contribution in [0.25, 0.3) is 0 Å². The van der Waals surface area contributed by atoms with E-state index in [4.69, 9.17) is 4.74 Å². The molecular weight excluding hydrogens is 440 g/mol. The van der Waals surface area contributed by atoms with E-state index >= 15 is 0 Å². The lowest BCUT2D eigenvalue weighted by Crippen LogP contribution is -2.54. The molecule has 2 aliphatic rings. The quantitative estimate of drug-likeness (QED) is 0.551. The number of hydrogen-bond acceptors (Lipinski definition) is 5. The zero-order valence-corrected chi connectivity index (χ0v) is 16.9. The Hall–Kier alpha value is -3.00. The minimum Gasteiger partial charge on any atom is -0.488 e. The molecule has 4 amide bonds. The zero-order chi connectivity index (χ0) is 20.5. The Morgan fingerprint density at radius 2 is 1.72 bits per heavy atom. The second-order valence-corrected chi connectivity index (χ2v) is 7.43. The molecule has 4 rings (SSSR count). The number of carbonyl (C=O) groups excluding carboxylic acids is 4. The minimum atomic E-state index is -0.996. The van der Waals surface area contributed by atoms with E-state index < -0.39 is 29.7 Å². The van der Waals surface area contributed by atoms with E-state index in [0.29, 0.717) is 5.75 Å². The summed E-state index contributed by atoms with van der Waals surface area (Å²) in [5, 5.41) is 2.94. The number of fused-ring (bicyclic) bond motifs is 1. The van der Waals surface area contributed by atoms with Gasteiger partial charge < -0.3 is 4.74 Å². The highest BCUT2D eigenvalue weighted by molar-refractivity contribution is 9.08. The van der Waals surface area contributed by atoms with Crippen molar-refractivity contribution in [1.82, 2.24) is 10.2 Å². The van der Waals surface area contributed by atoms with Crippen molar-refractivity contribution in [1.29, 1.82) is 0 Å². The van der Waals surface area contributed by atoms with Crippen molar-refractivity contribution in [2.45, 2.75) is 30.8 Å². The van der Waals surface area contributed by atoms with Gasteiger partial charge in [-0.25, -0.2) is 0 Å². The van der Waals surface area contributed by atoms with E-state index in [0.717, 1.165) is 21.4 Å². The van der Waals surface area contributed by atoms with Crippen LogP contribution in [0.15, 0.2) is 42.5 Å². The van der Waals surface area contributed by atoms with Gasteiger partial charge in [0.1, 0.15) is 18.4 Å². The summed E-state index contributed by atoms with van der Waals surface area (Å²) in [6.07, 6.45) is 0.198. The normalized spacial score (nSPS) is 18.7. The number of halogens is 1. The fraction of sp³-hybridized carbons (Fsp3) is 0.238. The summed E-state index contributed by atoms with van der Waals surface area (Å²) in [4.78, 5) is 50.3. The molecular formula is C21H17BrN2O5. The summed E-state index contributed by atoms with van der Waals surface area (Å²) >= 11 is 3.40. The third-order valence-corrected chi connectivity index (χ3v) is 5.65. The molecule has 2 aromatic carbocycles. The number of ether oxygens (including phenoxy) is 1. The van der Waals surface area contributed by atoms with Crippen LogP contribution in [0.3, 0.4) is 0 Å². The molecule has 7 nitrogen and oxygen atoms in total. The van der Waals surface area contributed by atoms with Gasteiger partial charge >= 0.3 is 0 Å². The first-order valence-corrected chi connectivity index (χ1v) is 10.2. The van der Waals surface area contributed by atoms with Gasteiger partial charge in [-0.1, -0.05) is 46.3 Å². The summed E-state index contributed by atoms with van der Waals surface area (Å²) in [6.45, 7) is 0.235. The Bertz CT molecular complexity index is 1020. The molecule has 0 spiro atoms. The van der Waals surface area contributed by atoms with Crippen LogP contribution >= 0.6 is 15.9 Å². The summed E-state index contributed by atoms with van der Waals surface area (Å²) in [5.41, 5.74) is 2.41. The van der Waals surface area contributed by atoms with Gasteiger partial charge in [0.2, 0.25) is 11.8 Å². The van der Waals surface area contributed by atoms with E-state index in [1.807, 2.05) is 24.3 Å². The Morgan fingerprint density at radius 3 is 2.41 bits per heavy atom. The van der Waals surface area contributed by atoms with Crippen LogP contribution in [0, 0.1) is 0 Å². The van der Waals surface area contributed by atoms with Crippen molar-refractivity contribution >= 4 is 39.6 Å². The molecule has 1 saturated heterocycles. The Balaban J connectivity index is 1.57. The minimum absolute atomic E-state index is 0.0809. The van der Waals surface area contributed by atoms with E-state index in [2.05, 4.69) is 21.2 Å². The van der Waals surface area contributed by atoms with Crippen molar-refractivity contribution in [3.05, 3.63) is 64.7 Å². The number of imide groups is 2. The van der Waals surface area contributed by atoms with Crippen LogP contribution in [-0.2, 0) is 21.5 Å². The van der Waals surface area contributed by atoms with E-state index in [1.165, 1.54) is 0 Å². The van der Waals surface area contributed by atoms with Crippen LogP contribution in [0.5, 0.6) is 5.75 Å². The number of nitrogens with one attached hydrogen (secondary N) is 1. The molecule has 0 aromatic heterocycles. The summed E-state index contributed by atoms with van der Waals surface area (Å²) in [5.74, 6) is -1.88. The maximum absolute atomic E-state index is 13.0. The van der Waals surface area contributed by atoms with Crippen LogP contribution in [0.2, 0.25) is 0 Å². The third kappa shape index (κ3) is 3.55. The number of rotatable bonds is 5. The van der Waals surface area contributed by atoms with Gasteiger partial charge in [0, 0.05) is 11.8 Å². The predicted molar refractivity (Wildman–Crippen MR) is 107 cm³/mol. The van der Waals surface area contributed by atoms with Gasteiger partial charge in [-0.2, -0.15) is 0 Å². The fourth-order valence-electron chi connectivity index (χ4n) is 3.49. The van der Waals surface area contributed by atoms with Gasteiger partial charge in [-0.15, -0.1) is 0 Å². The van der Waals surface area contributed by atoms with Crippen molar-refractivity contribution < 1.29 is 23.9 Å². The average Bonchev–Trinajstić information content (AvgIpc) is 2.98. The first kappa shape index (κ1) is 19.3. The Morgan fingerprint density at radius 1 is 1.00 bits per heavy atom. The number of piperidine rings is 1. The summed E-state index contributed by atoms with van der Waals surface area (Å²) in [6, 6.07) is 11.6. The number of carbonyl (C=O) groups is 4. The second-order valence-electron chi connectivity index (χ2n) is 6.86. The highest BCUT2D eigenvalue weighted by Gasteiger charge is 2.45. The zero-order valence-electron chi connectivity index (χ0n) is 15.3. The fourth-order valence-corrected chi connectivity index (χ4v) is 3.86. The maximum Gasteiger partial charge on any atom is 0.266 e. The molecule has 1 N–H and O–H groups in total. The summed E-state index contributed by atoms with van der Waals surface area (Å²) in [7, 11) is 0. The molecule has 2 heterocycles. The Labute approximate surface area is 175 Å². The van der Waals surface area contributed by atoms with E-state index in [9.17, 15) is 19.2 Å². The Kier molecular flexibility index (Phi) is 5.19. The molecule has 0 aliphatic carbocycles. The number of hydrogen-bond donors (Lipinski definition) is 1. The molecule has 148 valence electrons. The molecule has 1 unspecified atom stereocenters. The topological polar surface area (TPSA) is 92.8 Å². The molecule has 2 aliphatic heterocycles. The molecule has 2 aromatic rings. The monoisotopic (exact) mass is 456 g/mol. The van der Waals surface area contributed by atoms with Crippen LogP contribution < -0.4 is 10.1 Å². The van der Waals surface area contributed by atoms with Crippen LogP contribution in [-0.4, -0.2) is 34.6 Å². The standard InChI is InChI=1S/C21H17BrN2O5/c22-10-12-4-6-13(7-5-12)11-29-16-3-1-2-14-18(16)21(28)24(20(14)27)15-8-9-17(25)23-19(15)26/h1-7,15H,8-11H2,(H,23,25,26). The van der Waals surface area contributed by atoms with Crippen LogP contribution in [0.1, 0.15) is 44.7 Å². The predicted octanol–water partition coefficient (Wildman–Crippen LogP) is 2.56.